The van der Waals surface area contributed by atoms with Crippen molar-refractivity contribution >= 4 is 11.8 Å². The van der Waals surface area contributed by atoms with Crippen LogP contribution in [0.1, 0.15) is 33.6 Å². The van der Waals surface area contributed by atoms with Gasteiger partial charge >= 0.3 is 0 Å². The van der Waals surface area contributed by atoms with Crippen molar-refractivity contribution in [1.29, 1.82) is 0 Å². The number of piperidine rings is 1. The predicted octanol–water partition coefficient (Wildman–Crippen LogP) is 3.15. The Balaban J connectivity index is 1.57. The average molecular weight is 392 g/mol. The van der Waals surface area contributed by atoms with Gasteiger partial charge in [0.05, 0.1) is 12.7 Å². The normalized spacial score (nSPS) is 14.6. The summed E-state index contributed by atoms with van der Waals surface area (Å²) in [4.78, 5) is 26.1. The Bertz CT molecular complexity index is 879. The molecule has 1 saturated heterocycles. The van der Waals surface area contributed by atoms with Crippen LogP contribution in [0.25, 0.3) is 0 Å². The first kappa shape index (κ1) is 19.7. The molecule has 2 aromatic rings. The van der Waals surface area contributed by atoms with Gasteiger partial charge < -0.3 is 15.0 Å². The molecule has 1 fully saturated rings. The molecule has 0 aliphatic carbocycles. The molecule has 0 bridgehead atoms. The molecule has 2 aromatic carbocycles. The topological polar surface area (TPSA) is 58.6 Å². The molecular formula is C20H19F3N2O3. The highest BCUT2D eigenvalue weighted by atomic mass is 19.2. The third-order valence-corrected chi connectivity index (χ3v) is 4.74. The quantitative estimate of drug-likeness (QED) is 0.814. The summed E-state index contributed by atoms with van der Waals surface area (Å²) < 4.78 is 45.3. The molecule has 8 heteroatoms. The summed E-state index contributed by atoms with van der Waals surface area (Å²) in [5.74, 6) is -4.77. The lowest BCUT2D eigenvalue weighted by Crippen LogP contribution is -2.46. The van der Waals surface area contributed by atoms with Gasteiger partial charge in [0, 0.05) is 24.7 Å². The van der Waals surface area contributed by atoms with Gasteiger partial charge in [-0.15, -0.1) is 0 Å². The van der Waals surface area contributed by atoms with Crippen molar-refractivity contribution in [1.82, 2.24) is 10.2 Å². The number of ether oxygens (including phenoxy) is 1. The van der Waals surface area contributed by atoms with E-state index in [4.69, 9.17) is 4.74 Å². The molecular weight excluding hydrogens is 373 g/mol. The van der Waals surface area contributed by atoms with Gasteiger partial charge in [0.25, 0.3) is 11.8 Å². The minimum atomic E-state index is -1.66. The second-order valence-corrected chi connectivity index (χ2v) is 6.49. The van der Waals surface area contributed by atoms with Crippen molar-refractivity contribution in [3.8, 4) is 5.75 Å². The first-order valence-electron chi connectivity index (χ1n) is 8.78. The lowest BCUT2D eigenvalue weighted by molar-refractivity contribution is 0.0692. The Morgan fingerprint density at radius 1 is 1.00 bits per heavy atom. The van der Waals surface area contributed by atoms with Gasteiger partial charge in [-0.05, 0) is 49.2 Å². The fourth-order valence-corrected chi connectivity index (χ4v) is 3.10. The van der Waals surface area contributed by atoms with E-state index in [9.17, 15) is 22.8 Å². The SMILES string of the molecule is COc1ccc(C(=O)NC2CCN(C(=O)c3ccc(F)c(F)c3F)CC2)cc1. The summed E-state index contributed by atoms with van der Waals surface area (Å²) in [7, 11) is 1.54. The van der Waals surface area contributed by atoms with Crippen molar-refractivity contribution in [2.75, 3.05) is 20.2 Å². The number of carbonyl (C=O) groups is 2. The number of benzene rings is 2. The lowest BCUT2D eigenvalue weighted by Gasteiger charge is -2.32. The summed E-state index contributed by atoms with van der Waals surface area (Å²) in [6.07, 6.45) is 0.942. The molecule has 0 unspecified atom stereocenters. The zero-order valence-corrected chi connectivity index (χ0v) is 15.2. The number of nitrogens with zero attached hydrogens (tertiary/aromatic N) is 1. The number of rotatable bonds is 4. The average Bonchev–Trinajstić information content (AvgIpc) is 2.72. The van der Waals surface area contributed by atoms with Gasteiger partial charge in [-0.2, -0.15) is 0 Å². The molecule has 0 spiro atoms. The summed E-state index contributed by atoms with van der Waals surface area (Å²) in [5, 5.41) is 2.90. The van der Waals surface area contributed by atoms with Gasteiger partial charge in [-0.1, -0.05) is 0 Å². The van der Waals surface area contributed by atoms with Crippen molar-refractivity contribution in [2.24, 2.45) is 0 Å². The Kier molecular flexibility index (Phi) is 5.87. The van der Waals surface area contributed by atoms with Gasteiger partial charge in [-0.3, -0.25) is 9.59 Å². The number of methoxy groups -OCH3 is 1. The summed E-state index contributed by atoms with van der Waals surface area (Å²) in [6, 6.07) is 8.20. The Hall–Kier alpha value is -3.03. The maximum atomic E-state index is 13.8. The summed E-state index contributed by atoms with van der Waals surface area (Å²) in [5.41, 5.74) is -0.0113. The van der Waals surface area contributed by atoms with Crippen LogP contribution in [-0.4, -0.2) is 43.0 Å². The zero-order valence-electron chi connectivity index (χ0n) is 15.2. The number of nitrogens with one attached hydrogen (secondary N) is 1. The van der Waals surface area contributed by atoms with Crippen LogP contribution in [0.5, 0.6) is 5.75 Å². The van der Waals surface area contributed by atoms with Crippen LogP contribution in [-0.2, 0) is 0 Å². The van der Waals surface area contributed by atoms with Crippen molar-refractivity contribution in [3.63, 3.8) is 0 Å². The van der Waals surface area contributed by atoms with Crippen LogP contribution >= 0.6 is 0 Å². The molecule has 1 heterocycles. The fourth-order valence-electron chi connectivity index (χ4n) is 3.10. The van der Waals surface area contributed by atoms with Gasteiger partial charge in [-0.25, -0.2) is 13.2 Å². The number of halogens is 3. The molecule has 1 N–H and O–H groups in total. The standard InChI is InChI=1S/C20H19F3N2O3/c1-28-14-4-2-12(3-5-14)19(26)24-13-8-10-25(11-9-13)20(27)15-6-7-16(21)18(23)17(15)22/h2-7,13H,8-11H2,1H3,(H,24,26). The van der Waals surface area contributed by atoms with Crippen LogP contribution < -0.4 is 10.1 Å². The Morgan fingerprint density at radius 2 is 1.64 bits per heavy atom. The lowest BCUT2D eigenvalue weighted by atomic mass is 10.0. The van der Waals surface area contributed by atoms with E-state index in [1.165, 1.54) is 12.0 Å². The molecule has 148 valence electrons. The molecule has 5 nitrogen and oxygen atoms in total. The Labute approximate surface area is 160 Å². The first-order valence-corrected chi connectivity index (χ1v) is 8.78. The van der Waals surface area contributed by atoms with E-state index < -0.39 is 28.9 Å². The number of hydrogen-bond acceptors (Lipinski definition) is 3. The molecule has 1 aliphatic rings. The molecule has 0 aromatic heterocycles. The monoisotopic (exact) mass is 392 g/mol. The van der Waals surface area contributed by atoms with Gasteiger partial charge in [0.2, 0.25) is 0 Å². The second-order valence-electron chi connectivity index (χ2n) is 6.49. The molecule has 3 rings (SSSR count). The molecule has 28 heavy (non-hydrogen) atoms. The Morgan fingerprint density at radius 3 is 2.25 bits per heavy atom. The van der Waals surface area contributed by atoms with Gasteiger partial charge in [0.1, 0.15) is 5.75 Å². The summed E-state index contributed by atoms with van der Waals surface area (Å²) in [6.45, 7) is 0.537. The van der Waals surface area contributed by atoms with Crippen LogP contribution in [0.4, 0.5) is 13.2 Å². The van der Waals surface area contributed by atoms with Crippen LogP contribution in [0.2, 0.25) is 0 Å². The number of carbonyl (C=O) groups excluding carboxylic acids is 2. The molecule has 0 radical (unpaired) electrons. The van der Waals surface area contributed by atoms with E-state index in [0.717, 1.165) is 12.1 Å². The number of hydrogen-bond donors (Lipinski definition) is 1. The fraction of sp³-hybridized carbons (Fsp3) is 0.300. The highest BCUT2D eigenvalue weighted by molar-refractivity contribution is 5.95. The van der Waals surface area contributed by atoms with E-state index in [0.29, 0.717) is 24.2 Å². The van der Waals surface area contributed by atoms with E-state index >= 15 is 0 Å². The smallest absolute Gasteiger partial charge is 0.256 e. The second kappa shape index (κ2) is 8.33. The highest BCUT2D eigenvalue weighted by Crippen LogP contribution is 2.20. The third kappa shape index (κ3) is 4.11. The zero-order chi connectivity index (χ0) is 20.3. The van der Waals surface area contributed by atoms with Gasteiger partial charge in [0.15, 0.2) is 17.5 Å². The van der Waals surface area contributed by atoms with E-state index in [-0.39, 0.29) is 25.0 Å². The largest absolute Gasteiger partial charge is 0.497 e. The van der Waals surface area contributed by atoms with E-state index in [1.54, 1.807) is 24.3 Å². The third-order valence-electron chi connectivity index (χ3n) is 4.74. The molecule has 2 amide bonds. The van der Waals surface area contributed by atoms with E-state index in [2.05, 4.69) is 5.32 Å². The minimum absolute atomic E-state index is 0.145. The molecule has 1 aliphatic heterocycles. The maximum absolute atomic E-state index is 13.8. The molecule has 0 atom stereocenters. The predicted molar refractivity (Wildman–Crippen MR) is 95.7 cm³/mol. The van der Waals surface area contributed by atoms with Crippen molar-refractivity contribution < 1.29 is 27.5 Å². The minimum Gasteiger partial charge on any atom is -0.497 e. The molecule has 0 saturated carbocycles. The van der Waals surface area contributed by atoms with Crippen LogP contribution in [0.3, 0.4) is 0 Å². The number of likely N-dealkylation sites (tertiary alicyclic amines) is 1. The van der Waals surface area contributed by atoms with Crippen molar-refractivity contribution in [3.05, 3.63) is 65.0 Å². The van der Waals surface area contributed by atoms with Crippen molar-refractivity contribution in [2.45, 2.75) is 18.9 Å². The van der Waals surface area contributed by atoms with E-state index in [1.807, 2.05) is 0 Å². The highest BCUT2D eigenvalue weighted by Gasteiger charge is 2.28. The maximum Gasteiger partial charge on any atom is 0.256 e. The summed E-state index contributed by atoms with van der Waals surface area (Å²) >= 11 is 0. The van der Waals surface area contributed by atoms with Crippen LogP contribution in [0.15, 0.2) is 36.4 Å². The number of amides is 2. The van der Waals surface area contributed by atoms with Crippen LogP contribution in [0, 0.1) is 17.5 Å². The first-order chi connectivity index (χ1) is 13.4.